The summed E-state index contributed by atoms with van der Waals surface area (Å²) >= 11 is 0. The number of hydrogen-bond donors (Lipinski definition) is 2. The van der Waals surface area contributed by atoms with Crippen LogP contribution in [0.15, 0.2) is 40.9 Å². The van der Waals surface area contributed by atoms with Gasteiger partial charge in [-0.15, -0.1) is 0 Å². The fourth-order valence-electron chi connectivity index (χ4n) is 2.14. The highest BCUT2D eigenvalue weighted by Crippen LogP contribution is 2.16. The van der Waals surface area contributed by atoms with Gasteiger partial charge in [0, 0.05) is 12.6 Å². The number of nitrogens with one attached hydrogen (secondary N) is 2. The first-order valence-electron chi connectivity index (χ1n) is 7.21. The Kier molecular flexibility index (Phi) is 5.48. The lowest BCUT2D eigenvalue weighted by molar-refractivity contribution is -0.136. The number of anilines is 1. The Hall–Kier alpha value is -2.67. The van der Waals surface area contributed by atoms with Gasteiger partial charge in [-0.3, -0.25) is 14.9 Å². The van der Waals surface area contributed by atoms with Crippen LogP contribution >= 0.6 is 0 Å². The van der Waals surface area contributed by atoms with Crippen molar-refractivity contribution in [3.8, 4) is 0 Å². The molecule has 122 valence electrons. The molecule has 1 aromatic carbocycles. The van der Waals surface area contributed by atoms with Crippen LogP contribution < -0.4 is 10.6 Å². The molecule has 23 heavy (non-hydrogen) atoms. The first-order chi connectivity index (χ1) is 11.0. The van der Waals surface area contributed by atoms with Crippen LogP contribution in [0.1, 0.15) is 17.4 Å². The van der Waals surface area contributed by atoms with E-state index in [4.69, 9.17) is 4.52 Å². The highest BCUT2D eigenvalue weighted by molar-refractivity contribution is 6.39. The SMILES string of the molecule is Cc1cc(NC(=O)C(=O)NC[C@H](c2ccccc2)N(C)C)no1. The number of amides is 2. The molecule has 0 saturated heterocycles. The Labute approximate surface area is 134 Å². The number of benzene rings is 1. The molecule has 2 amide bonds. The number of carbonyl (C=O) groups excluding carboxylic acids is 2. The largest absolute Gasteiger partial charge is 0.360 e. The molecule has 0 spiro atoms. The van der Waals surface area contributed by atoms with Crippen molar-refractivity contribution in [1.82, 2.24) is 15.4 Å². The standard InChI is InChI=1S/C16H20N4O3/c1-11-9-14(19-23-11)18-16(22)15(21)17-10-13(20(2)3)12-7-5-4-6-8-12/h4-9,13H,10H2,1-3H3,(H,17,21)(H,18,19,22)/t13-/m1/s1. The van der Waals surface area contributed by atoms with Gasteiger partial charge in [-0.2, -0.15) is 0 Å². The molecule has 1 atom stereocenters. The summed E-state index contributed by atoms with van der Waals surface area (Å²) in [4.78, 5) is 25.7. The van der Waals surface area contributed by atoms with Crippen LogP contribution in [0.2, 0.25) is 0 Å². The molecule has 0 saturated carbocycles. The van der Waals surface area contributed by atoms with Gasteiger partial charge < -0.3 is 14.7 Å². The lowest BCUT2D eigenvalue weighted by Crippen LogP contribution is -2.40. The fraction of sp³-hybridized carbons (Fsp3) is 0.312. The predicted molar refractivity (Wildman–Crippen MR) is 85.7 cm³/mol. The third-order valence-electron chi connectivity index (χ3n) is 3.34. The molecule has 1 heterocycles. The first kappa shape index (κ1) is 16.7. The van der Waals surface area contributed by atoms with E-state index in [0.717, 1.165) is 5.56 Å². The normalized spacial score (nSPS) is 12.0. The molecule has 7 heteroatoms. The average molecular weight is 316 g/mol. The van der Waals surface area contributed by atoms with E-state index in [2.05, 4.69) is 15.8 Å². The van der Waals surface area contributed by atoms with Gasteiger partial charge in [-0.25, -0.2) is 0 Å². The number of carbonyl (C=O) groups is 2. The van der Waals surface area contributed by atoms with Gasteiger partial charge in [0.05, 0.1) is 6.04 Å². The van der Waals surface area contributed by atoms with E-state index in [0.29, 0.717) is 12.3 Å². The van der Waals surface area contributed by atoms with Crippen molar-refractivity contribution in [2.75, 3.05) is 26.0 Å². The van der Waals surface area contributed by atoms with Gasteiger partial charge in [0.15, 0.2) is 5.82 Å². The summed E-state index contributed by atoms with van der Waals surface area (Å²) in [7, 11) is 3.84. The van der Waals surface area contributed by atoms with Crippen LogP contribution in [0.25, 0.3) is 0 Å². The molecule has 0 fully saturated rings. The highest BCUT2D eigenvalue weighted by Gasteiger charge is 2.19. The minimum atomic E-state index is -0.774. The van der Waals surface area contributed by atoms with E-state index in [1.807, 2.05) is 49.3 Å². The zero-order valence-corrected chi connectivity index (χ0v) is 13.4. The van der Waals surface area contributed by atoms with Crippen LogP contribution in [0.5, 0.6) is 0 Å². The zero-order chi connectivity index (χ0) is 16.8. The van der Waals surface area contributed by atoms with Crippen molar-refractivity contribution in [3.63, 3.8) is 0 Å². The Morgan fingerprint density at radius 2 is 1.91 bits per heavy atom. The molecule has 0 aliphatic rings. The second-order valence-electron chi connectivity index (χ2n) is 5.38. The van der Waals surface area contributed by atoms with E-state index in [9.17, 15) is 9.59 Å². The monoisotopic (exact) mass is 316 g/mol. The molecule has 0 bridgehead atoms. The lowest BCUT2D eigenvalue weighted by atomic mass is 10.1. The molecule has 0 radical (unpaired) electrons. The van der Waals surface area contributed by atoms with Gasteiger partial charge in [0.2, 0.25) is 0 Å². The van der Waals surface area contributed by atoms with Crippen LogP contribution in [0, 0.1) is 6.92 Å². The van der Waals surface area contributed by atoms with Crippen molar-refractivity contribution in [1.29, 1.82) is 0 Å². The molecule has 7 nitrogen and oxygen atoms in total. The van der Waals surface area contributed by atoms with E-state index in [-0.39, 0.29) is 11.9 Å². The van der Waals surface area contributed by atoms with Crippen LogP contribution in [0.4, 0.5) is 5.82 Å². The van der Waals surface area contributed by atoms with E-state index < -0.39 is 11.8 Å². The highest BCUT2D eigenvalue weighted by atomic mass is 16.5. The van der Waals surface area contributed by atoms with Crippen molar-refractivity contribution in [2.24, 2.45) is 0 Å². The van der Waals surface area contributed by atoms with Crippen molar-refractivity contribution < 1.29 is 14.1 Å². The summed E-state index contributed by atoms with van der Waals surface area (Å²) in [6.45, 7) is 2.02. The summed E-state index contributed by atoms with van der Waals surface area (Å²) in [6, 6.07) is 11.3. The number of nitrogens with zero attached hydrogens (tertiary/aromatic N) is 2. The topological polar surface area (TPSA) is 87.5 Å². The first-order valence-corrected chi connectivity index (χ1v) is 7.21. The average Bonchev–Trinajstić information content (AvgIpc) is 2.93. The Bertz CT molecular complexity index is 667. The third kappa shape index (κ3) is 4.65. The maximum Gasteiger partial charge on any atom is 0.314 e. The molecular weight excluding hydrogens is 296 g/mol. The molecule has 0 aliphatic carbocycles. The summed E-state index contributed by atoms with van der Waals surface area (Å²) in [6.07, 6.45) is 0. The van der Waals surface area contributed by atoms with Crippen LogP contribution in [0.3, 0.4) is 0 Å². The smallest absolute Gasteiger partial charge is 0.314 e. The summed E-state index contributed by atoms with van der Waals surface area (Å²) in [5.74, 6) is -0.718. The van der Waals surface area contributed by atoms with Gasteiger partial charge in [0.25, 0.3) is 0 Å². The van der Waals surface area contributed by atoms with Gasteiger partial charge in [-0.1, -0.05) is 35.5 Å². The lowest BCUT2D eigenvalue weighted by Gasteiger charge is -2.24. The van der Waals surface area contributed by atoms with E-state index in [1.165, 1.54) is 6.07 Å². The Morgan fingerprint density at radius 1 is 1.22 bits per heavy atom. The predicted octanol–water partition coefficient (Wildman–Crippen LogP) is 1.34. The van der Waals surface area contributed by atoms with Crippen molar-refractivity contribution >= 4 is 17.6 Å². The molecule has 2 aromatic rings. The van der Waals surface area contributed by atoms with Gasteiger partial charge >= 0.3 is 11.8 Å². The molecule has 0 aliphatic heterocycles. The number of hydrogen-bond acceptors (Lipinski definition) is 5. The van der Waals surface area contributed by atoms with Gasteiger partial charge in [0.1, 0.15) is 5.76 Å². The molecule has 2 N–H and O–H groups in total. The number of aryl methyl sites for hydroxylation is 1. The summed E-state index contributed by atoms with van der Waals surface area (Å²) in [5.41, 5.74) is 1.06. The Balaban J connectivity index is 1.92. The summed E-state index contributed by atoms with van der Waals surface area (Å²) in [5, 5.41) is 8.64. The fourth-order valence-corrected chi connectivity index (χ4v) is 2.14. The van der Waals surface area contributed by atoms with Gasteiger partial charge in [-0.05, 0) is 26.6 Å². The van der Waals surface area contributed by atoms with Crippen LogP contribution in [-0.4, -0.2) is 42.5 Å². The second kappa shape index (κ2) is 7.55. The maximum atomic E-state index is 11.9. The number of rotatable bonds is 5. The number of aromatic nitrogens is 1. The number of likely N-dealkylation sites (N-methyl/N-ethyl adjacent to an activating group) is 1. The molecule has 2 rings (SSSR count). The minimum Gasteiger partial charge on any atom is -0.360 e. The maximum absolute atomic E-state index is 11.9. The third-order valence-corrected chi connectivity index (χ3v) is 3.34. The quantitative estimate of drug-likeness (QED) is 0.813. The zero-order valence-electron chi connectivity index (χ0n) is 13.4. The summed E-state index contributed by atoms with van der Waals surface area (Å²) < 4.78 is 4.83. The molecule has 1 aromatic heterocycles. The van der Waals surface area contributed by atoms with Crippen LogP contribution in [-0.2, 0) is 9.59 Å². The van der Waals surface area contributed by atoms with Crippen molar-refractivity contribution in [2.45, 2.75) is 13.0 Å². The second-order valence-corrected chi connectivity index (χ2v) is 5.38. The Morgan fingerprint density at radius 3 is 2.48 bits per heavy atom. The molecule has 0 unspecified atom stereocenters. The minimum absolute atomic E-state index is 0.0257. The van der Waals surface area contributed by atoms with E-state index >= 15 is 0 Å². The van der Waals surface area contributed by atoms with E-state index in [1.54, 1.807) is 6.92 Å². The molecular formula is C16H20N4O3. The van der Waals surface area contributed by atoms with Crippen molar-refractivity contribution in [3.05, 3.63) is 47.7 Å².